The number of rotatable bonds is 4. The highest BCUT2D eigenvalue weighted by Gasteiger charge is 2.39. The molecule has 0 saturated carbocycles. The number of halogens is 3. The first-order chi connectivity index (χ1) is 8.77. The molecule has 0 heterocycles. The van der Waals surface area contributed by atoms with Crippen molar-refractivity contribution in [3.63, 3.8) is 0 Å². The molecule has 0 aliphatic heterocycles. The van der Waals surface area contributed by atoms with Crippen LogP contribution in [0, 0.1) is 0 Å². The third-order valence-electron chi connectivity index (χ3n) is 2.60. The van der Waals surface area contributed by atoms with Gasteiger partial charge in [-0.3, -0.25) is 4.79 Å². The van der Waals surface area contributed by atoms with E-state index in [0.717, 1.165) is 0 Å². The standard InChI is InChI=1S/C12H14F3NO3/c1-7(16-11(19)12(13,14)15)8-4-2-3-5-9(8)10(18)6-17/h2-5,7,10,17-18H,6H2,1H3,(H,16,19)/t7-,10-/m0/s1. The summed E-state index contributed by atoms with van der Waals surface area (Å²) < 4.78 is 36.4. The van der Waals surface area contributed by atoms with Gasteiger partial charge in [0.25, 0.3) is 0 Å². The highest BCUT2D eigenvalue weighted by Crippen LogP contribution is 2.25. The van der Waals surface area contributed by atoms with Gasteiger partial charge in [-0.15, -0.1) is 0 Å². The van der Waals surface area contributed by atoms with Crippen molar-refractivity contribution in [3.05, 3.63) is 35.4 Å². The maximum absolute atomic E-state index is 12.1. The summed E-state index contributed by atoms with van der Waals surface area (Å²) in [6.07, 6.45) is -6.17. The van der Waals surface area contributed by atoms with Crippen molar-refractivity contribution >= 4 is 5.91 Å². The molecule has 0 aliphatic carbocycles. The van der Waals surface area contributed by atoms with Crippen LogP contribution in [-0.2, 0) is 4.79 Å². The van der Waals surface area contributed by atoms with Crippen LogP contribution in [0.15, 0.2) is 24.3 Å². The summed E-state index contributed by atoms with van der Waals surface area (Å²) in [6, 6.07) is 5.17. The molecule has 0 bridgehead atoms. The Labute approximate surface area is 107 Å². The zero-order chi connectivity index (χ0) is 14.6. The zero-order valence-electron chi connectivity index (χ0n) is 10.1. The van der Waals surface area contributed by atoms with Crippen molar-refractivity contribution in [3.8, 4) is 0 Å². The van der Waals surface area contributed by atoms with Gasteiger partial charge in [0.2, 0.25) is 0 Å². The summed E-state index contributed by atoms with van der Waals surface area (Å²) in [5.74, 6) is -2.05. The lowest BCUT2D eigenvalue weighted by Crippen LogP contribution is -2.38. The van der Waals surface area contributed by atoms with Crippen LogP contribution in [0.1, 0.15) is 30.2 Å². The number of benzene rings is 1. The SMILES string of the molecule is C[C@H](NC(=O)C(F)(F)F)c1ccccc1[C@@H](O)CO. The number of hydrogen-bond donors (Lipinski definition) is 3. The van der Waals surface area contributed by atoms with Crippen LogP contribution in [0.2, 0.25) is 0 Å². The van der Waals surface area contributed by atoms with E-state index in [4.69, 9.17) is 5.11 Å². The van der Waals surface area contributed by atoms with Crippen LogP contribution in [0.4, 0.5) is 13.2 Å². The number of aliphatic hydroxyl groups excluding tert-OH is 2. The van der Waals surface area contributed by atoms with Crippen molar-refractivity contribution in [2.75, 3.05) is 6.61 Å². The summed E-state index contributed by atoms with van der Waals surface area (Å²) in [5, 5.41) is 20.3. The second-order valence-electron chi connectivity index (χ2n) is 4.02. The monoisotopic (exact) mass is 277 g/mol. The average Bonchev–Trinajstić information content (AvgIpc) is 2.36. The van der Waals surface area contributed by atoms with Crippen molar-refractivity contribution in [2.45, 2.75) is 25.2 Å². The van der Waals surface area contributed by atoms with Gasteiger partial charge in [-0.2, -0.15) is 13.2 Å². The molecule has 1 aromatic carbocycles. The van der Waals surface area contributed by atoms with E-state index in [-0.39, 0.29) is 5.56 Å². The van der Waals surface area contributed by atoms with Crippen molar-refractivity contribution in [1.82, 2.24) is 5.32 Å². The third kappa shape index (κ3) is 3.93. The van der Waals surface area contributed by atoms with Crippen LogP contribution in [0.3, 0.4) is 0 Å². The largest absolute Gasteiger partial charge is 0.471 e. The van der Waals surface area contributed by atoms with Crippen LogP contribution in [0.25, 0.3) is 0 Å². The summed E-state index contributed by atoms with van der Waals surface area (Å²) in [7, 11) is 0. The lowest BCUT2D eigenvalue weighted by Gasteiger charge is -2.20. The molecule has 0 saturated heterocycles. The average molecular weight is 277 g/mol. The molecule has 1 aromatic rings. The van der Waals surface area contributed by atoms with Crippen LogP contribution in [0.5, 0.6) is 0 Å². The first-order valence-electron chi connectivity index (χ1n) is 5.52. The number of nitrogens with one attached hydrogen (secondary N) is 1. The van der Waals surface area contributed by atoms with Crippen LogP contribution >= 0.6 is 0 Å². The van der Waals surface area contributed by atoms with E-state index in [1.54, 1.807) is 17.4 Å². The van der Waals surface area contributed by atoms with Gasteiger partial charge in [0.1, 0.15) is 6.10 Å². The van der Waals surface area contributed by atoms with E-state index < -0.39 is 30.8 Å². The molecule has 3 N–H and O–H groups in total. The Kier molecular flexibility index (Phi) is 4.90. The molecule has 0 aliphatic rings. The lowest BCUT2D eigenvalue weighted by atomic mass is 9.97. The predicted octanol–water partition coefficient (Wildman–Crippen LogP) is 1.45. The first kappa shape index (κ1) is 15.5. The third-order valence-corrected chi connectivity index (χ3v) is 2.60. The van der Waals surface area contributed by atoms with E-state index in [1.807, 2.05) is 0 Å². The molecule has 0 radical (unpaired) electrons. The van der Waals surface area contributed by atoms with Crippen LogP contribution < -0.4 is 5.32 Å². The molecule has 19 heavy (non-hydrogen) atoms. The Balaban J connectivity index is 2.94. The molecule has 1 amide bonds. The first-order valence-corrected chi connectivity index (χ1v) is 5.52. The maximum Gasteiger partial charge on any atom is 0.471 e. The van der Waals surface area contributed by atoms with Gasteiger partial charge in [-0.05, 0) is 18.1 Å². The van der Waals surface area contributed by atoms with E-state index in [9.17, 15) is 23.1 Å². The summed E-state index contributed by atoms with van der Waals surface area (Å²) in [5.41, 5.74) is 0.599. The lowest BCUT2D eigenvalue weighted by molar-refractivity contribution is -0.174. The molecule has 2 atom stereocenters. The molecular weight excluding hydrogens is 263 g/mol. The minimum Gasteiger partial charge on any atom is -0.393 e. The highest BCUT2D eigenvalue weighted by molar-refractivity contribution is 5.82. The predicted molar refractivity (Wildman–Crippen MR) is 61.1 cm³/mol. The highest BCUT2D eigenvalue weighted by atomic mass is 19.4. The minimum atomic E-state index is -4.96. The van der Waals surface area contributed by atoms with Gasteiger partial charge < -0.3 is 15.5 Å². The molecule has 7 heteroatoms. The summed E-state index contributed by atoms with van der Waals surface area (Å²) in [4.78, 5) is 10.9. The second kappa shape index (κ2) is 6.03. The topological polar surface area (TPSA) is 69.6 Å². The molecule has 0 spiro atoms. The number of carbonyl (C=O) groups is 1. The molecular formula is C12H14F3NO3. The van der Waals surface area contributed by atoms with Crippen LogP contribution in [-0.4, -0.2) is 28.9 Å². The minimum absolute atomic E-state index is 0.278. The van der Waals surface area contributed by atoms with E-state index in [0.29, 0.717) is 5.56 Å². The van der Waals surface area contributed by atoms with Crippen molar-refractivity contribution in [2.24, 2.45) is 0 Å². The van der Waals surface area contributed by atoms with Gasteiger partial charge in [0.15, 0.2) is 0 Å². The normalized spacial score (nSPS) is 14.8. The second-order valence-corrected chi connectivity index (χ2v) is 4.02. The molecule has 106 valence electrons. The summed E-state index contributed by atoms with van der Waals surface area (Å²) >= 11 is 0. The van der Waals surface area contributed by atoms with Crippen molar-refractivity contribution < 1.29 is 28.2 Å². The van der Waals surface area contributed by atoms with Gasteiger partial charge in [0.05, 0.1) is 12.6 Å². The van der Waals surface area contributed by atoms with E-state index in [1.165, 1.54) is 19.1 Å². The van der Waals surface area contributed by atoms with Gasteiger partial charge in [0, 0.05) is 0 Å². The fourth-order valence-electron chi connectivity index (χ4n) is 1.66. The Hall–Kier alpha value is -1.60. The molecule has 0 unspecified atom stereocenters. The quantitative estimate of drug-likeness (QED) is 0.780. The number of aliphatic hydroxyl groups is 2. The molecule has 1 rings (SSSR count). The number of amides is 1. The summed E-state index contributed by atoms with van der Waals surface area (Å²) in [6.45, 7) is 0.809. The number of alkyl halides is 3. The number of hydrogen-bond acceptors (Lipinski definition) is 3. The zero-order valence-corrected chi connectivity index (χ0v) is 10.1. The maximum atomic E-state index is 12.1. The van der Waals surface area contributed by atoms with Crippen molar-refractivity contribution in [1.29, 1.82) is 0 Å². The van der Waals surface area contributed by atoms with E-state index in [2.05, 4.69) is 0 Å². The fourth-order valence-corrected chi connectivity index (χ4v) is 1.66. The fraction of sp³-hybridized carbons (Fsp3) is 0.417. The molecule has 0 fully saturated rings. The molecule has 0 aromatic heterocycles. The number of carbonyl (C=O) groups excluding carboxylic acids is 1. The van der Waals surface area contributed by atoms with Gasteiger partial charge in [-0.25, -0.2) is 0 Å². The Morgan fingerprint density at radius 1 is 1.32 bits per heavy atom. The smallest absolute Gasteiger partial charge is 0.393 e. The molecule has 4 nitrogen and oxygen atoms in total. The van der Waals surface area contributed by atoms with Gasteiger partial charge in [-0.1, -0.05) is 24.3 Å². The Morgan fingerprint density at radius 2 is 1.84 bits per heavy atom. The Bertz CT molecular complexity index is 448. The van der Waals surface area contributed by atoms with Gasteiger partial charge >= 0.3 is 12.1 Å². The van der Waals surface area contributed by atoms with E-state index >= 15 is 0 Å². The Morgan fingerprint density at radius 3 is 2.32 bits per heavy atom.